The van der Waals surface area contributed by atoms with Gasteiger partial charge in [0, 0.05) is 6.42 Å². The van der Waals surface area contributed by atoms with Gasteiger partial charge in [-0.1, -0.05) is 12.1 Å². The van der Waals surface area contributed by atoms with Crippen LogP contribution in [0.3, 0.4) is 0 Å². The highest BCUT2D eigenvalue weighted by Gasteiger charge is 2.42. The van der Waals surface area contributed by atoms with Crippen molar-refractivity contribution in [2.24, 2.45) is 11.7 Å². The average Bonchev–Trinajstić information content (AvgIpc) is 2.27. The van der Waals surface area contributed by atoms with E-state index in [9.17, 15) is 9.59 Å². The van der Waals surface area contributed by atoms with Crippen LogP contribution in [0.4, 0.5) is 0 Å². The number of carbonyl (C=O) groups excluding carboxylic acids is 2. The second-order valence-corrected chi connectivity index (χ2v) is 5.12. The van der Waals surface area contributed by atoms with E-state index in [-0.39, 0.29) is 18.1 Å². The summed E-state index contributed by atoms with van der Waals surface area (Å²) in [6.07, 6.45) is 0.626. The van der Waals surface area contributed by atoms with E-state index >= 15 is 0 Å². The number of primary amides is 1. The summed E-state index contributed by atoms with van der Waals surface area (Å²) in [5.41, 5.74) is 5.13. The first kappa shape index (κ1) is 12.6. The molecule has 0 aromatic heterocycles. The highest BCUT2D eigenvalue weighted by molar-refractivity contribution is 6.02. The van der Waals surface area contributed by atoms with Gasteiger partial charge in [-0.3, -0.25) is 9.59 Å². The molecule has 96 valence electrons. The van der Waals surface area contributed by atoms with Crippen LogP contribution in [0.25, 0.3) is 0 Å². The summed E-state index contributed by atoms with van der Waals surface area (Å²) in [6, 6.07) is 7.19. The topological polar surface area (TPSA) is 69.4 Å². The van der Waals surface area contributed by atoms with Gasteiger partial charge in [0.1, 0.15) is 11.4 Å². The first-order valence-electron chi connectivity index (χ1n) is 6.02. The molecule has 0 radical (unpaired) electrons. The van der Waals surface area contributed by atoms with Gasteiger partial charge >= 0.3 is 0 Å². The molecule has 2 N–H and O–H groups in total. The summed E-state index contributed by atoms with van der Waals surface area (Å²) >= 11 is 0. The number of benzene rings is 1. The van der Waals surface area contributed by atoms with Crippen LogP contribution < -0.4 is 10.5 Å². The molecule has 1 unspecified atom stereocenters. The monoisotopic (exact) mass is 247 g/mol. The highest BCUT2D eigenvalue weighted by atomic mass is 16.5. The molecule has 0 spiro atoms. The van der Waals surface area contributed by atoms with Crippen LogP contribution in [-0.2, 0) is 4.79 Å². The summed E-state index contributed by atoms with van der Waals surface area (Å²) in [5.74, 6) is -0.0803. The second-order valence-electron chi connectivity index (χ2n) is 5.12. The van der Waals surface area contributed by atoms with Crippen molar-refractivity contribution in [1.82, 2.24) is 0 Å². The van der Waals surface area contributed by atoms with Crippen LogP contribution in [0.2, 0.25) is 0 Å². The zero-order valence-corrected chi connectivity index (χ0v) is 10.6. The second kappa shape index (κ2) is 4.44. The van der Waals surface area contributed by atoms with Crippen LogP contribution in [0.1, 0.15) is 37.0 Å². The van der Waals surface area contributed by atoms with E-state index in [2.05, 4.69) is 0 Å². The van der Waals surface area contributed by atoms with E-state index in [0.717, 1.165) is 0 Å². The Morgan fingerprint density at radius 1 is 1.39 bits per heavy atom. The molecule has 1 amide bonds. The van der Waals surface area contributed by atoms with E-state index in [1.165, 1.54) is 0 Å². The fraction of sp³-hybridized carbons (Fsp3) is 0.429. The third-order valence-electron chi connectivity index (χ3n) is 3.36. The summed E-state index contributed by atoms with van der Waals surface area (Å²) in [4.78, 5) is 23.3. The van der Waals surface area contributed by atoms with Gasteiger partial charge < -0.3 is 10.5 Å². The Morgan fingerprint density at radius 3 is 2.72 bits per heavy atom. The number of hydrogen-bond donors (Lipinski definition) is 1. The summed E-state index contributed by atoms with van der Waals surface area (Å²) in [6.45, 7) is 3.74. The lowest BCUT2D eigenvalue weighted by Crippen LogP contribution is -2.46. The Balaban J connectivity index is 2.31. The van der Waals surface area contributed by atoms with Crippen LogP contribution in [0.15, 0.2) is 24.3 Å². The summed E-state index contributed by atoms with van der Waals surface area (Å²) in [5, 5.41) is 0. The number of carbonyl (C=O) groups is 2. The molecule has 0 fully saturated rings. The Morgan fingerprint density at radius 2 is 2.06 bits per heavy atom. The van der Waals surface area contributed by atoms with Gasteiger partial charge in [-0.15, -0.1) is 0 Å². The largest absolute Gasteiger partial charge is 0.486 e. The zero-order chi connectivity index (χ0) is 13.3. The number of nitrogens with two attached hydrogens (primary N) is 1. The normalized spacial score (nSPS) is 21.0. The highest BCUT2D eigenvalue weighted by Crippen LogP contribution is 2.38. The molecule has 18 heavy (non-hydrogen) atoms. The minimum absolute atomic E-state index is 0.0306. The minimum atomic E-state index is -0.610. The van der Waals surface area contributed by atoms with Gasteiger partial charge in [0.15, 0.2) is 5.78 Å². The van der Waals surface area contributed by atoms with Crippen LogP contribution in [0, 0.1) is 5.92 Å². The Kier molecular flexibility index (Phi) is 3.11. The molecule has 1 aliphatic rings. The molecule has 4 heteroatoms. The van der Waals surface area contributed by atoms with E-state index in [1.54, 1.807) is 12.1 Å². The smallest absolute Gasteiger partial charge is 0.217 e. The number of Topliss-reactive ketones (excluding diaryl/α,β-unsaturated/α-hetero) is 1. The summed E-state index contributed by atoms with van der Waals surface area (Å²) < 4.78 is 5.86. The van der Waals surface area contributed by atoms with E-state index in [0.29, 0.717) is 17.7 Å². The molecule has 0 saturated heterocycles. The van der Waals surface area contributed by atoms with Crippen LogP contribution >= 0.6 is 0 Å². The van der Waals surface area contributed by atoms with Gasteiger partial charge in [-0.25, -0.2) is 0 Å². The van der Waals surface area contributed by atoms with Crippen molar-refractivity contribution < 1.29 is 14.3 Å². The van der Waals surface area contributed by atoms with Crippen molar-refractivity contribution in [1.29, 1.82) is 0 Å². The molecule has 2 rings (SSSR count). The number of para-hydroxylation sites is 1. The van der Waals surface area contributed by atoms with E-state index in [1.807, 2.05) is 26.0 Å². The minimum Gasteiger partial charge on any atom is -0.486 e. The number of amides is 1. The molecule has 0 saturated carbocycles. The molecule has 4 nitrogen and oxygen atoms in total. The Hall–Kier alpha value is -1.84. The van der Waals surface area contributed by atoms with E-state index in [4.69, 9.17) is 10.5 Å². The number of fused-ring (bicyclic) bond motifs is 1. The van der Waals surface area contributed by atoms with Gasteiger partial charge in [0.05, 0.1) is 11.5 Å². The molecule has 1 aromatic carbocycles. The molecule has 1 aliphatic heterocycles. The van der Waals surface area contributed by atoms with Crippen molar-refractivity contribution in [2.45, 2.75) is 32.3 Å². The average molecular weight is 247 g/mol. The Bertz CT molecular complexity index is 494. The maximum atomic E-state index is 12.4. The van der Waals surface area contributed by atoms with E-state index < -0.39 is 11.5 Å². The number of hydrogen-bond acceptors (Lipinski definition) is 3. The van der Waals surface area contributed by atoms with Gasteiger partial charge in [0.2, 0.25) is 5.91 Å². The lowest BCUT2D eigenvalue weighted by molar-refractivity contribution is -0.118. The molecular formula is C14H17NO3. The Labute approximate surface area is 106 Å². The molecule has 1 heterocycles. The molecule has 0 bridgehead atoms. The third-order valence-corrected chi connectivity index (χ3v) is 3.36. The molecule has 0 aliphatic carbocycles. The van der Waals surface area contributed by atoms with Crippen LogP contribution in [0.5, 0.6) is 5.75 Å². The number of ketones is 1. The first-order chi connectivity index (χ1) is 8.42. The SMILES string of the molecule is CC1(C)Oc2ccccc2C(=O)C1CCC(N)=O. The molecule has 1 atom stereocenters. The molecule has 1 aromatic rings. The fourth-order valence-corrected chi connectivity index (χ4v) is 2.38. The van der Waals surface area contributed by atoms with Gasteiger partial charge in [0.25, 0.3) is 0 Å². The van der Waals surface area contributed by atoms with Crippen molar-refractivity contribution in [3.8, 4) is 5.75 Å². The van der Waals surface area contributed by atoms with Crippen LogP contribution in [-0.4, -0.2) is 17.3 Å². The zero-order valence-electron chi connectivity index (χ0n) is 10.6. The lowest BCUT2D eigenvalue weighted by Gasteiger charge is -2.38. The first-order valence-corrected chi connectivity index (χ1v) is 6.02. The predicted molar refractivity (Wildman–Crippen MR) is 67.4 cm³/mol. The predicted octanol–water partition coefficient (Wildman–Crippen LogP) is 1.92. The van der Waals surface area contributed by atoms with Crippen molar-refractivity contribution in [3.63, 3.8) is 0 Å². The van der Waals surface area contributed by atoms with Gasteiger partial charge in [-0.2, -0.15) is 0 Å². The number of rotatable bonds is 3. The summed E-state index contributed by atoms with van der Waals surface area (Å²) in [7, 11) is 0. The molecular weight excluding hydrogens is 230 g/mol. The van der Waals surface area contributed by atoms with Crippen molar-refractivity contribution >= 4 is 11.7 Å². The third kappa shape index (κ3) is 2.23. The fourth-order valence-electron chi connectivity index (χ4n) is 2.38. The van der Waals surface area contributed by atoms with Crippen molar-refractivity contribution in [3.05, 3.63) is 29.8 Å². The maximum absolute atomic E-state index is 12.4. The quantitative estimate of drug-likeness (QED) is 0.887. The van der Waals surface area contributed by atoms with Crippen molar-refractivity contribution in [2.75, 3.05) is 0 Å². The maximum Gasteiger partial charge on any atom is 0.217 e. The number of ether oxygens (including phenoxy) is 1. The lowest BCUT2D eigenvalue weighted by atomic mass is 9.78. The van der Waals surface area contributed by atoms with Gasteiger partial charge in [-0.05, 0) is 32.4 Å². The standard InChI is InChI=1S/C14H17NO3/c1-14(2)10(7-8-12(15)16)13(17)9-5-3-4-6-11(9)18-14/h3-6,10H,7-8H2,1-2H3,(H2,15,16).